The van der Waals surface area contributed by atoms with Crippen molar-refractivity contribution >= 4 is 11.0 Å². The molecular weight excluding hydrogens is 304 g/mol. The summed E-state index contributed by atoms with van der Waals surface area (Å²) in [6, 6.07) is 11.4. The maximum absolute atomic E-state index is 11.8. The quantitative estimate of drug-likeness (QED) is 0.554. The van der Waals surface area contributed by atoms with E-state index in [1.54, 1.807) is 24.3 Å². The zero-order valence-electron chi connectivity index (χ0n) is 13.5. The molecule has 24 heavy (non-hydrogen) atoms. The number of fused-ring (bicyclic) bond motifs is 1. The predicted octanol–water partition coefficient (Wildman–Crippen LogP) is 4.38. The van der Waals surface area contributed by atoms with Gasteiger partial charge in [0.25, 0.3) is 0 Å². The molecule has 0 bridgehead atoms. The molecule has 1 heterocycles. The topological polar surface area (TPSA) is 70.7 Å². The Morgan fingerprint density at radius 3 is 2.46 bits per heavy atom. The third-order valence-electron chi connectivity index (χ3n) is 3.85. The van der Waals surface area contributed by atoms with Crippen molar-refractivity contribution in [3.8, 4) is 22.6 Å². The molecule has 0 saturated carbocycles. The van der Waals surface area contributed by atoms with Gasteiger partial charge in [0.1, 0.15) is 17.1 Å². The summed E-state index contributed by atoms with van der Waals surface area (Å²) in [5.74, 6) is 0.263. The summed E-state index contributed by atoms with van der Waals surface area (Å²) in [6.45, 7) is 4.00. The maximum atomic E-state index is 11.8. The second-order valence-corrected chi connectivity index (χ2v) is 5.99. The van der Waals surface area contributed by atoms with Gasteiger partial charge in [0.2, 0.25) is 0 Å². The van der Waals surface area contributed by atoms with E-state index < -0.39 is 5.63 Å². The highest BCUT2D eigenvalue weighted by Crippen LogP contribution is 2.32. The monoisotopic (exact) mass is 322 g/mol. The highest BCUT2D eigenvalue weighted by atomic mass is 16.4. The smallest absolute Gasteiger partial charge is 0.336 e. The van der Waals surface area contributed by atoms with E-state index >= 15 is 0 Å². The van der Waals surface area contributed by atoms with Crippen LogP contribution in [-0.4, -0.2) is 10.2 Å². The fourth-order valence-electron chi connectivity index (χ4n) is 2.60. The molecule has 0 unspecified atom stereocenters. The minimum atomic E-state index is -0.484. The SMILES string of the molecule is CC(C)=CCc1cc2c(-c3ccc(O)cc3)cc(=O)oc2cc1O. The Bertz CT molecular complexity index is 975. The first kappa shape index (κ1) is 15.9. The van der Waals surface area contributed by atoms with Gasteiger partial charge in [0.15, 0.2) is 0 Å². The van der Waals surface area contributed by atoms with Gasteiger partial charge >= 0.3 is 5.63 Å². The first-order valence-electron chi connectivity index (χ1n) is 7.66. The third-order valence-corrected chi connectivity index (χ3v) is 3.85. The number of hydrogen-bond donors (Lipinski definition) is 2. The summed E-state index contributed by atoms with van der Waals surface area (Å²) in [7, 11) is 0. The molecule has 0 spiro atoms. The van der Waals surface area contributed by atoms with Gasteiger partial charge in [-0.3, -0.25) is 0 Å². The van der Waals surface area contributed by atoms with Crippen molar-refractivity contribution in [2.75, 3.05) is 0 Å². The molecule has 2 N–H and O–H groups in total. The first-order valence-corrected chi connectivity index (χ1v) is 7.66. The van der Waals surface area contributed by atoms with Gasteiger partial charge in [-0.2, -0.15) is 0 Å². The molecule has 122 valence electrons. The number of hydrogen-bond acceptors (Lipinski definition) is 4. The van der Waals surface area contributed by atoms with Crippen LogP contribution >= 0.6 is 0 Å². The summed E-state index contributed by atoms with van der Waals surface area (Å²) in [5, 5.41) is 20.4. The molecule has 2 aromatic carbocycles. The van der Waals surface area contributed by atoms with Crippen LogP contribution in [0.15, 0.2) is 63.3 Å². The number of benzene rings is 2. The van der Waals surface area contributed by atoms with Gasteiger partial charge in [-0.1, -0.05) is 23.8 Å². The molecule has 1 aromatic heterocycles. The number of rotatable bonds is 3. The van der Waals surface area contributed by atoms with Crippen LogP contribution in [0.2, 0.25) is 0 Å². The van der Waals surface area contributed by atoms with Crippen LogP contribution in [-0.2, 0) is 6.42 Å². The average Bonchev–Trinajstić information content (AvgIpc) is 2.53. The molecule has 4 heteroatoms. The van der Waals surface area contributed by atoms with Crippen molar-refractivity contribution in [3.05, 3.63) is 70.1 Å². The first-order chi connectivity index (χ1) is 11.4. The largest absolute Gasteiger partial charge is 0.508 e. The van der Waals surface area contributed by atoms with Crippen LogP contribution in [0.5, 0.6) is 11.5 Å². The second-order valence-electron chi connectivity index (χ2n) is 5.99. The zero-order chi connectivity index (χ0) is 17.3. The summed E-state index contributed by atoms with van der Waals surface area (Å²) in [6.07, 6.45) is 2.62. The Hall–Kier alpha value is -3.01. The van der Waals surface area contributed by atoms with E-state index in [4.69, 9.17) is 4.42 Å². The Morgan fingerprint density at radius 2 is 1.79 bits per heavy atom. The van der Waals surface area contributed by atoms with E-state index in [0.717, 1.165) is 22.1 Å². The number of allylic oxidation sites excluding steroid dienone is 2. The zero-order valence-corrected chi connectivity index (χ0v) is 13.5. The minimum Gasteiger partial charge on any atom is -0.508 e. The normalized spacial score (nSPS) is 10.8. The number of phenolic OH excluding ortho intramolecular Hbond substituents is 2. The van der Waals surface area contributed by atoms with E-state index in [9.17, 15) is 15.0 Å². The van der Waals surface area contributed by atoms with E-state index in [1.165, 1.54) is 12.1 Å². The molecule has 0 aliphatic carbocycles. The minimum absolute atomic E-state index is 0.103. The van der Waals surface area contributed by atoms with Crippen molar-refractivity contribution < 1.29 is 14.6 Å². The van der Waals surface area contributed by atoms with Gasteiger partial charge in [-0.05, 0) is 55.2 Å². The highest BCUT2D eigenvalue weighted by Gasteiger charge is 2.12. The van der Waals surface area contributed by atoms with Crippen molar-refractivity contribution in [1.82, 2.24) is 0 Å². The maximum Gasteiger partial charge on any atom is 0.336 e. The van der Waals surface area contributed by atoms with Crippen molar-refractivity contribution in [2.24, 2.45) is 0 Å². The van der Waals surface area contributed by atoms with E-state index in [2.05, 4.69) is 0 Å². The molecular formula is C20H18O4. The lowest BCUT2D eigenvalue weighted by molar-refractivity contribution is 0.467. The van der Waals surface area contributed by atoms with Gasteiger partial charge in [0, 0.05) is 17.5 Å². The molecule has 0 amide bonds. The average molecular weight is 322 g/mol. The van der Waals surface area contributed by atoms with Gasteiger partial charge < -0.3 is 14.6 Å². The Kier molecular flexibility index (Phi) is 4.13. The predicted molar refractivity (Wildman–Crippen MR) is 94.4 cm³/mol. The van der Waals surface area contributed by atoms with E-state index in [1.807, 2.05) is 26.0 Å². The summed E-state index contributed by atoms with van der Waals surface area (Å²) in [4.78, 5) is 11.8. The molecule has 0 atom stereocenters. The molecule has 0 aliphatic rings. The lowest BCUT2D eigenvalue weighted by Gasteiger charge is -2.09. The lowest BCUT2D eigenvalue weighted by Crippen LogP contribution is -1.99. The fourth-order valence-corrected chi connectivity index (χ4v) is 2.60. The van der Waals surface area contributed by atoms with Crippen LogP contribution in [0.1, 0.15) is 19.4 Å². The summed E-state index contributed by atoms with van der Waals surface area (Å²) < 4.78 is 5.23. The van der Waals surface area contributed by atoms with Crippen LogP contribution in [0.25, 0.3) is 22.1 Å². The lowest BCUT2D eigenvalue weighted by atomic mass is 9.98. The molecule has 4 nitrogen and oxygen atoms in total. The summed E-state index contributed by atoms with van der Waals surface area (Å²) >= 11 is 0. The third kappa shape index (κ3) is 3.18. The molecule has 0 radical (unpaired) electrons. The molecule has 3 aromatic rings. The van der Waals surface area contributed by atoms with Crippen molar-refractivity contribution in [2.45, 2.75) is 20.3 Å². The summed E-state index contributed by atoms with van der Waals surface area (Å²) in [5.41, 5.74) is 3.28. The Morgan fingerprint density at radius 1 is 1.08 bits per heavy atom. The fraction of sp³-hybridized carbons (Fsp3) is 0.150. The molecule has 0 fully saturated rings. The second kappa shape index (κ2) is 6.24. The molecule has 3 rings (SSSR count). The Balaban J connectivity index is 2.24. The highest BCUT2D eigenvalue weighted by molar-refractivity contribution is 5.94. The van der Waals surface area contributed by atoms with E-state index in [0.29, 0.717) is 17.6 Å². The van der Waals surface area contributed by atoms with Crippen LogP contribution in [0, 0.1) is 0 Å². The molecule has 0 aliphatic heterocycles. The number of aromatic hydroxyl groups is 2. The standard InChI is InChI=1S/C20H18O4/c1-12(2)3-4-14-9-17-16(13-5-7-15(21)8-6-13)10-20(23)24-19(17)11-18(14)22/h3,5-11,21-22H,4H2,1-2H3. The van der Waals surface area contributed by atoms with E-state index in [-0.39, 0.29) is 11.5 Å². The van der Waals surface area contributed by atoms with Crippen LogP contribution in [0.3, 0.4) is 0 Å². The van der Waals surface area contributed by atoms with Crippen molar-refractivity contribution in [3.63, 3.8) is 0 Å². The van der Waals surface area contributed by atoms with Crippen LogP contribution < -0.4 is 5.63 Å². The van der Waals surface area contributed by atoms with Gasteiger partial charge in [0.05, 0.1) is 0 Å². The van der Waals surface area contributed by atoms with Crippen molar-refractivity contribution in [1.29, 1.82) is 0 Å². The van der Waals surface area contributed by atoms with Gasteiger partial charge in [-0.15, -0.1) is 0 Å². The van der Waals surface area contributed by atoms with Crippen LogP contribution in [0.4, 0.5) is 0 Å². The number of phenols is 2. The molecule has 0 saturated heterocycles. The Labute approximate surface area is 139 Å². The van der Waals surface area contributed by atoms with Gasteiger partial charge in [-0.25, -0.2) is 4.79 Å².